The van der Waals surface area contributed by atoms with Crippen molar-refractivity contribution < 1.29 is 17.1 Å². The third-order valence-electron chi connectivity index (χ3n) is 3.11. The molecule has 3 heteroatoms. The fourth-order valence-corrected chi connectivity index (χ4v) is 1.87. The number of nitrogens with zero attached hydrogens (tertiary/aromatic N) is 2. The topological polar surface area (TPSA) is 25.2 Å². The molecule has 0 N–H and O–H groups in total. The van der Waals surface area contributed by atoms with E-state index in [9.17, 15) is 0 Å². The molecule has 1 aromatic heterocycles. The Morgan fingerprint density at radius 1 is 1.05 bits per heavy atom. The average Bonchev–Trinajstić information content (AvgIpc) is 2.39. The molecule has 1 heterocycles. The molecule has 0 saturated carbocycles. The van der Waals surface area contributed by atoms with E-state index in [0.717, 1.165) is 17.0 Å². The summed E-state index contributed by atoms with van der Waals surface area (Å²) >= 11 is 0. The first-order valence-electron chi connectivity index (χ1n) is 6.53. The van der Waals surface area contributed by atoms with Crippen molar-refractivity contribution in [3.8, 4) is 0 Å². The summed E-state index contributed by atoms with van der Waals surface area (Å²) in [6.07, 6.45) is 3.61. The summed E-state index contributed by atoms with van der Waals surface area (Å²) in [4.78, 5) is 8.74. The molecule has 0 spiro atoms. The van der Waals surface area contributed by atoms with E-state index in [4.69, 9.17) is 0 Å². The molecule has 0 aliphatic rings. The van der Waals surface area contributed by atoms with Gasteiger partial charge in [-0.3, -0.25) is 9.98 Å². The summed E-state index contributed by atoms with van der Waals surface area (Å²) < 4.78 is 0. The van der Waals surface area contributed by atoms with Gasteiger partial charge in [-0.15, -0.1) is 0 Å². The minimum Gasteiger partial charge on any atom is -0.264 e. The maximum Gasteiger partial charge on any atom is 0.0633 e. The number of pyridine rings is 1. The predicted molar refractivity (Wildman–Crippen MR) is 81.3 cm³/mol. The fraction of sp³-hybridized carbons (Fsp3) is 0.294. The molecule has 0 aliphatic heterocycles. The van der Waals surface area contributed by atoms with Crippen molar-refractivity contribution in [1.29, 1.82) is 0 Å². The second-order valence-electron chi connectivity index (χ2n) is 5.74. The second-order valence-corrected chi connectivity index (χ2v) is 5.74. The van der Waals surface area contributed by atoms with Crippen LogP contribution in [0, 0.1) is 0 Å². The van der Waals surface area contributed by atoms with E-state index < -0.39 is 0 Å². The number of aliphatic imine (C=N–C) groups is 1. The molecule has 106 valence electrons. The third-order valence-corrected chi connectivity index (χ3v) is 3.11. The number of hydrogen-bond acceptors (Lipinski definition) is 2. The van der Waals surface area contributed by atoms with Crippen molar-refractivity contribution in [2.75, 3.05) is 0 Å². The van der Waals surface area contributed by atoms with Gasteiger partial charge in [0.2, 0.25) is 0 Å². The van der Waals surface area contributed by atoms with Gasteiger partial charge in [0.05, 0.1) is 5.69 Å². The first-order chi connectivity index (χ1) is 8.97. The van der Waals surface area contributed by atoms with E-state index in [2.05, 4.69) is 55.0 Å². The Hall–Kier alpha value is -1.44. The average molecular weight is 308 g/mol. The van der Waals surface area contributed by atoms with E-state index in [0.29, 0.717) is 0 Å². The quantitative estimate of drug-likeness (QED) is 0.591. The molecule has 0 fully saturated rings. The Morgan fingerprint density at radius 3 is 2.20 bits per heavy atom. The van der Waals surface area contributed by atoms with E-state index in [1.54, 1.807) is 6.20 Å². The van der Waals surface area contributed by atoms with Gasteiger partial charge in [-0.25, -0.2) is 0 Å². The van der Waals surface area contributed by atoms with Crippen LogP contribution in [-0.2, 0) is 22.5 Å². The predicted octanol–water partition coefficient (Wildman–Crippen LogP) is 4.52. The normalized spacial score (nSPS) is 11.9. The smallest absolute Gasteiger partial charge is 0.0633 e. The van der Waals surface area contributed by atoms with Crippen LogP contribution in [0.15, 0.2) is 53.8 Å². The largest absolute Gasteiger partial charge is 0.264 e. The number of rotatable bonds is 2. The molecule has 2 aromatic rings. The fourth-order valence-electron chi connectivity index (χ4n) is 1.87. The summed E-state index contributed by atoms with van der Waals surface area (Å²) in [6, 6.07) is 12.4. The molecular weight excluding hydrogens is 288 g/mol. The second kappa shape index (κ2) is 6.83. The van der Waals surface area contributed by atoms with Crippen LogP contribution in [0.2, 0.25) is 0 Å². The number of hydrogen-bond donors (Lipinski definition) is 0. The van der Waals surface area contributed by atoms with E-state index in [1.165, 1.54) is 5.56 Å². The van der Waals surface area contributed by atoms with Gasteiger partial charge in [-0.2, -0.15) is 0 Å². The van der Waals surface area contributed by atoms with Crippen molar-refractivity contribution in [2.45, 2.75) is 33.1 Å². The van der Waals surface area contributed by atoms with Crippen LogP contribution in [0.5, 0.6) is 0 Å². The van der Waals surface area contributed by atoms with Gasteiger partial charge < -0.3 is 0 Å². The van der Waals surface area contributed by atoms with Crippen molar-refractivity contribution >= 4 is 11.4 Å². The van der Waals surface area contributed by atoms with Crippen molar-refractivity contribution in [3.05, 3.63) is 59.9 Å². The van der Waals surface area contributed by atoms with Crippen molar-refractivity contribution in [1.82, 2.24) is 4.98 Å². The molecule has 0 atom stereocenters. The number of benzene rings is 1. The Balaban J connectivity index is 0.00000200. The van der Waals surface area contributed by atoms with Gasteiger partial charge in [0.25, 0.3) is 0 Å². The summed E-state index contributed by atoms with van der Waals surface area (Å²) in [5.41, 5.74) is 4.53. The van der Waals surface area contributed by atoms with Crippen LogP contribution in [0.3, 0.4) is 0 Å². The van der Waals surface area contributed by atoms with Crippen LogP contribution in [0.25, 0.3) is 0 Å². The van der Waals surface area contributed by atoms with Gasteiger partial charge in [0.15, 0.2) is 0 Å². The maximum atomic E-state index is 4.63. The minimum atomic E-state index is 0. The van der Waals surface area contributed by atoms with Crippen LogP contribution < -0.4 is 0 Å². The van der Waals surface area contributed by atoms with Crippen molar-refractivity contribution in [2.24, 2.45) is 4.99 Å². The molecule has 0 bridgehead atoms. The van der Waals surface area contributed by atoms with Crippen molar-refractivity contribution in [3.63, 3.8) is 0 Å². The molecule has 0 aliphatic carbocycles. The van der Waals surface area contributed by atoms with E-state index in [-0.39, 0.29) is 22.5 Å². The standard InChI is InChI=1S/C17H20N2.Fe/c1-13(14-6-5-11-18-12-14)19-16-9-7-15(8-10-16)17(2,3)4;/h5-12H,1-4H3;. The SMILES string of the molecule is CC(=Nc1ccc(C(C)(C)C)cc1)c1cccnc1.[Fe]. The van der Waals surface area contributed by atoms with Crippen LogP contribution in [0.4, 0.5) is 5.69 Å². The Morgan fingerprint density at radius 2 is 1.70 bits per heavy atom. The summed E-state index contributed by atoms with van der Waals surface area (Å²) in [5.74, 6) is 0. The minimum absolute atomic E-state index is 0. The van der Waals surface area contributed by atoms with Gasteiger partial charge in [-0.05, 0) is 36.1 Å². The Labute approximate surface area is 131 Å². The Kier molecular flexibility index (Phi) is 5.67. The summed E-state index contributed by atoms with van der Waals surface area (Å²) in [7, 11) is 0. The van der Waals surface area contributed by atoms with Gasteiger partial charge in [0.1, 0.15) is 0 Å². The van der Waals surface area contributed by atoms with Crippen LogP contribution in [0.1, 0.15) is 38.8 Å². The zero-order chi connectivity index (χ0) is 13.9. The first-order valence-corrected chi connectivity index (χ1v) is 6.53. The first kappa shape index (κ1) is 16.6. The molecule has 1 aromatic carbocycles. The zero-order valence-corrected chi connectivity index (χ0v) is 13.5. The molecule has 2 rings (SSSR count). The van der Waals surface area contributed by atoms with E-state index >= 15 is 0 Å². The molecule has 0 amide bonds. The van der Waals surface area contributed by atoms with Gasteiger partial charge in [-0.1, -0.05) is 39.0 Å². The van der Waals surface area contributed by atoms with Gasteiger partial charge in [0, 0.05) is 40.7 Å². The van der Waals surface area contributed by atoms with Crippen LogP contribution in [-0.4, -0.2) is 10.7 Å². The monoisotopic (exact) mass is 308 g/mol. The number of aromatic nitrogens is 1. The Bertz CT molecular complexity index is 566. The summed E-state index contributed by atoms with van der Waals surface area (Å²) in [6.45, 7) is 8.65. The maximum absolute atomic E-state index is 4.63. The molecular formula is C17H20FeN2. The molecule has 2 nitrogen and oxygen atoms in total. The van der Waals surface area contributed by atoms with Gasteiger partial charge >= 0.3 is 0 Å². The molecule has 0 saturated heterocycles. The zero-order valence-electron chi connectivity index (χ0n) is 12.4. The van der Waals surface area contributed by atoms with E-state index in [1.807, 2.05) is 25.3 Å². The summed E-state index contributed by atoms with van der Waals surface area (Å²) in [5, 5.41) is 0. The third kappa shape index (κ3) is 4.29. The molecule has 0 unspecified atom stereocenters. The molecule has 20 heavy (non-hydrogen) atoms. The molecule has 0 radical (unpaired) electrons. The van der Waals surface area contributed by atoms with Crippen LogP contribution >= 0.6 is 0 Å².